The van der Waals surface area contributed by atoms with Gasteiger partial charge in [-0.1, -0.05) is 6.08 Å². The molecular weight excluding hydrogens is 174 g/mol. The number of nitrogens with zero attached hydrogens (tertiary/aromatic N) is 1. The Kier molecular flexibility index (Phi) is 3.51. The van der Waals surface area contributed by atoms with E-state index in [1.807, 2.05) is 19.1 Å². The van der Waals surface area contributed by atoms with Gasteiger partial charge in [-0.05, 0) is 31.9 Å². The highest BCUT2D eigenvalue weighted by Crippen LogP contribution is 2.19. The Hall–Kier alpha value is -1.51. The molecule has 0 radical (unpaired) electrons. The van der Waals surface area contributed by atoms with E-state index in [0.717, 1.165) is 23.5 Å². The third-order valence-corrected chi connectivity index (χ3v) is 2.11. The lowest BCUT2D eigenvalue weighted by Crippen LogP contribution is -2.16. The predicted octanol–water partition coefficient (Wildman–Crippen LogP) is 2.35. The Bertz CT molecular complexity index is 320. The Balaban J connectivity index is 2.76. The van der Waals surface area contributed by atoms with Crippen LogP contribution in [0.3, 0.4) is 0 Å². The highest BCUT2D eigenvalue weighted by atomic mass is 15.0. The number of nitrogens with two attached hydrogens (primary N) is 1. The Morgan fingerprint density at radius 3 is 3.07 bits per heavy atom. The van der Waals surface area contributed by atoms with Gasteiger partial charge < -0.3 is 11.1 Å². The molecule has 0 saturated heterocycles. The van der Waals surface area contributed by atoms with Gasteiger partial charge in [-0.15, -0.1) is 6.58 Å². The van der Waals surface area contributed by atoms with E-state index in [2.05, 4.69) is 23.8 Å². The first kappa shape index (κ1) is 10.6. The normalized spacial score (nSPS) is 12.1. The molecule has 1 rings (SSSR count). The average Bonchev–Trinajstić information content (AvgIpc) is 2.13. The summed E-state index contributed by atoms with van der Waals surface area (Å²) in [5.41, 5.74) is 7.65. The monoisotopic (exact) mass is 191 g/mol. The van der Waals surface area contributed by atoms with Crippen LogP contribution in [0.5, 0.6) is 0 Å². The first-order valence-electron chi connectivity index (χ1n) is 4.73. The maximum Gasteiger partial charge on any atom is 0.149 e. The Morgan fingerprint density at radius 2 is 2.43 bits per heavy atom. The van der Waals surface area contributed by atoms with E-state index in [1.54, 1.807) is 6.20 Å². The van der Waals surface area contributed by atoms with E-state index in [0.29, 0.717) is 6.04 Å². The number of pyridine rings is 1. The van der Waals surface area contributed by atoms with Crippen LogP contribution in [0, 0.1) is 6.92 Å². The van der Waals surface area contributed by atoms with Gasteiger partial charge in [0.1, 0.15) is 5.82 Å². The first-order valence-corrected chi connectivity index (χ1v) is 4.73. The molecule has 76 valence electrons. The smallest absolute Gasteiger partial charge is 0.149 e. The fourth-order valence-electron chi connectivity index (χ4n) is 1.23. The number of aromatic nitrogens is 1. The van der Waals surface area contributed by atoms with Gasteiger partial charge in [0.05, 0.1) is 5.69 Å². The molecule has 0 aliphatic heterocycles. The standard InChI is InChI=1S/C11H17N3/c1-4-5-9(3)14-11-10(12)8(2)6-7-13-11/h4,6-7,9H,1,5,12H2,2-3H3,(H,13,14). The van der Waals surface area contributed by atoms with Gasteiger partial charge in [0.2, 0.25) is 0 Å². The lowest BCUT2D eigenvalue weighted by molar-refractivity contribution is 0.808. The zero-order valence-corrected chi connectivity index (χ0v) is 8.75. The third kappa shape index (κ3) is 2.49. The average molecular weight is 191 g/mol. The quantitative estimate of drug-likeness (QED) is 0.718. The summed E-state index contributed by atoms with van der Waals surface area (Å²) < 4.78 is 0. The molecule has 0 aromatic carbocycles. The van der Waals surface area contributed by atoms with Crippen molar-refractivity contribution in [3.8, 4) is 0 Å². The molecule has 1 unspecified atom stereocenters. The van der Waals surface area contributed by atoms with Crippen LogP contribution in [0.1, 0.15) is 18.9 Å². The van der Waals surface area contributed by atoms with E-state index in [9.17, 15) is 0 Å². The maximum atomic E-state index is 5.88. The third-order valence-electron chi connectivity index (χ3n) is 2.11. The second-order valence-corrected chi connectivity index (χ2v) is 3.46. The van der Waals surface area contributed by atoms with Crippen molar-refractivity contribution >= 4 is 11.5 Å². The van der Waals surface area contributed by atoms with Gasteiger partial charge in [0.25, 0.3) is 0 Å². The molecule has 1 heterocycles. The summed E-state index contributed by atoms with van der Waals surface area (Å²) in [6.07, 6.45) is 4.54. The van der Waals surface area contributed by atoms with Gasteiger partial charge in [-0.2, -0.15) is 0 Å². The molecule has 1 aromatic heterocycles. The first-order chi connectivity index (χ1) is 6.65. The van der Waals surface area contributed by atoms with Crippen LogP contribution in [-0.2, 0) is 0 Å². The summed E-state index contributed by atoms with van der Waals surface area (Å²) in [5.74, 6) is 0.763. The van der Waals surface area contributed by atoms with Gasteiger partial charge in [-0.3, -0.25) is 0 Å². The number of hydrogen-bond donors (Lipinski definition) is 2. The van der Waals surface area contributed by atoms with E-state index in [-0.39, 0.29) is 0 Å². The van der Waals surface area contributed by atoms with Crippen molar-refractivity contribution in [2.45, 2.75) is 26.3 Å². The Morgan fingerprint density at radius 1 is 1.71 bits per heavy atom. The number of anilines is 2. The van der Waals surface area contributed by atoms with Crippen LogP contribution < -0.4 is 11.1 Å². The molecular formula is C11H17N3. The fourth-order valence-corrected chi connectivity index (χ4v) is 1.23. The summed E-state index contributed by atoms with van der Waals surface area (Å²) in [5, 5.41) is 3.24. The molecule has 0 bridgehead atoms. The summed E-state index contributed by atoms with van der Waals surface area (Å²) >= 11 is 0. The van der Waals surface area contributed by atoms with Crippen LogP contribution in [0.2, 0.25) is 0 Å². The summed E-state index contributed by atoms with van der Waals surface area (Å²) in [6, 6.07) is 2.21. The molecule has 3 heteroatoms. The minimum atomic E-state index is 0.309. The van der Waals surface area contributed by atoms with Gasteiger partial charge in [0.15, 0.2) is 0 Å². The van der Waals surface area contributed by atoms with Gasteiger partial charge in [0, 0.05) is 12.2 Å². The molecule has 0 fully saturated rings. The van der Waals surface area contributed by atoms with Crippen molar-refractivity contribution in [1.82, 2.24) is 4.98 Å². The zero-order valence-electron chi connectivity index (χ0n) is 8.75. The summed E-state index contributed by atoms with van der Waals surface area (Å²) in [6.45, 7) is 7.74. The number of nitrogen functional groups attached to an aromatic ring is 1. The van der Waals surface area contributed by atoms with Crippen LogP contribution in [-0.4, -0.2) is 11.0 Å². The molecule has 0 aliphatic rings. The van der Waals surface area contributed by atoms with E-state index >= 15 is 0 Å². The molecule has 0 amide bonds. The number of aryl methyl sites for hydroxylation is 1. The van der Waals surface area contributed by atoms with E-state index in [4.69, 9.17) is 5.73 Å². The number of rotatable bonds is 4. The van der Waals surface area contributed by atoms with Crippen LogP contribution in [0.15, 0.2) is 24.9 Å². The largest absolute Gasteiger partial charge is 0.396 e. The SMILES string of the molecule is C=CCC(C)Nc1nccc(C)c1N. The molecule has 0 aliphatic carbocycles. The fraction of sp³-hybridized carbons (Fsp3) is 0.364. The highest BCUT2D eigenvalue weighted by molar-refractivity contribution is 5.65. The maximum absolute atomic E-state index is 5.88. The van der Waals surface area contributed by atoms with Crippen molar-refractivity contribution in [1.29, 1.82) is 0 Å². The lowest BCUT2D eigenvalue weighted by atomic mass is 10.2. The minimum absolute atomic E-state index is 0.309. The number of nitrogens with one attached hydrogen (secondary N) is 1. The van der Waals surface area contributed by atoms with Gasteiger partial charge in [-0.25, -0.2) is 4.98 Å². The topological polar surface area (TPSA) is 50.9 Å². The van der Waals surface area contributed by atoms with Crippen molar-refractivity contribution in [3.05, 3.63) is 30.5 Å². The molecule has 3 N–H and O–H groups in total. The van der Waals surface area contributed by atoms with Crippen LogP contribution >= 0.6 is 0 Å². The van der Waals surface area contributed by atoms with E-state index < -0.39 is 0 Å². The van der Waals surface area contributed by atoms with Gasteiger partial charge >= 0.3 is 0 Å². The van der Waals surface area contributed by atoms with Crippen molar-refractivity contribution in [3.63, 3.8) is 0 Å². The highest BCUT2D eigenvalue weighted by Gasteiger charge is 2.05. The van der Waals surface area contributed by atoms with Crippen molar-refractivity contribution < 1.29 is 0 Å². The van der Waals surface area contributed by atoms with Crippen molar-refractivity contribution in [2.24, 2.45) is 0 Å². The molecule has 1 aromatic rings. The van der Waals surface area contributed by atoms with Crippen LogP contribution in [0.4, 0.5) is 11.5 Å². The summed E-state index contributed by atoms with van der Waals surface area (Å²) in [4.78, 5) is 4.19. The Labute approximate surface area is 85.0 Å². The second kappa shape index (κ2) is 4.65. The lowest BCUT2D eigenvalue weighted by Gasteiger charge is -2.14. The minimum Gasteiger partial charge on any atom is -0.396 e. The predicted molar refractivity (Wildman–Crippen MR) is 61.3 cm³/mol. The molecule has 1 atom stereocenters. The van der Waals surface area contributed by atoms with Crippen molar-refractivity contribution in [2.75, 3.05) is 11.1 Å². The molecule has 14 heavy (non-hydrogen) atoms. The summed E-state index contributed by atoms with van der Waals surface area (Å²) in [7, 11) is 0. The second-order valence-electron chi connectivity index (χ2n) is 3.46. The zero-order chi connectivity index (χ0) is 10.6. The molecule has 3 nitrogen and oxygen atoms in total. The van der Waals surface area contributed by atoms with Crippen LogP contribution in [0.25, 0.3) is 0 Å². The molecule has 0 spiro atoms. The number of hydrogen-bond acceptors (Lipinski definition) is 3. The molecule has 0 saturated carbocycles. The van der Waals surface area contributed by atoms with E-state index in [1.165, 1.54) is 0 Å².